The lowest BCUT2D eigenvalue weighted by atomic mass is 10.1. The van der Waals surface area contributed by atoms with Crippen LogP contribution >= 0.6 is 0 Å². The molecule has 0 spiro atoms. The minimum Gasteiger partial charge on any atom is -0.342 e. The Labute approximate surface area is 127 Å². The first kappa shape index (κ1) is 15.2. The molecule has 0 aromatic rings. The molecular weight excluding hydrogens is 290 g/mol. The fraction of sp³-hybridized carbons (Fsp3) is 0.929. The van der Waals surface area contributed by atoms with E-state index in [0.29, 0.717) is 38.6 Å². The van der Waals surface area contributed by atoms with Crippen LogP contribution in [-0.4, -0.2) is 79.0 Å². The second kappa shape index (κ2) is 5.85. The molecule has 0 aromatic carbocycles. The van der Waals surface area contributed by atoms with E-state index in [1.165, 1.54) is 13.3 Å². The number of carbonyl (C=O) groups excluding carboxylic acids is 1. The average Bonchev–Trinajstić information content (AvgIpc) is 2.94. The molecule has 21 heavy (non-hydrogen) atoms. The van der Waals surface area contributed by atoms with Crippen molar-refractivity contribution >= 4 is 15.9 Å². The molecule has 3 rings (SSSR count). The Balaban J connectivity index is 1.69. The van der Waals surface area contributed by atoms with Gasteiger partial charge in [-0.1, -0.05) is 0 Å². The number of amides is 1. The van der Waals surface area contributed by atoms with Crippen molar-refractivity contribution in [1.82, 2.24) is 14.1 Å². The standard InChI is InChI=1S/C14H25N3O3S/c1-12(18)16-7-3-5-14(11-16)21(19,20)17-9-8-15-6-2-4-13(15)10-17/h13-14H,2-11H2,1H3. The van der Waals surface area contributed by atoms with Crippen molar-refractivity contribution in [3.63, 3.8) is 0 Å². The van der Waals surface area contributed by atoms with Crippen LogP contribution in [0.5, 0.6) is 0 Å². The van der Waals surface area contributed by atoms with Gasteiger partial charge >= 0.3 is 0 Å². The third kappa shape index (κ3) is 2.96. The molecule has 6 nitrogen and oxygen atoms in total. The second-order valence-corrected chi connectivity index (χ2v) is 8.68. The average molecular weight is 315 g/mol. The number of piperidine rings is 1. The van der Waals surface area contributed by atoms with E-state index in [1.807, 2.05) is 0 Å². The predicted octanol–water partition coefficient (Wildman–Crippen LogP) is 0.107. The van der Waals surface area contributed by atoms with Crippen LogP contribution in [0.2, 0.25) is 0 Å². The predicted molar refractivity (Wildman–Crippen MR) is 80.4 cm³/mol. The Morgan fingerprint density at radius 3 is 2.52 bits per heavy atom. The van der Waals surface area contributed by atoms with Crippen molar-refractivity contribution in [2.75, 3.05) is 39.3 Å². The molecule has 0 aliphatic carbocycles. The van der Waals surface area contributed by atoms with Gasteiger partial charge in [0.05, 0.1) is 5.25 Å². The van der Waals surface area contributed by atoms with Gasteiger partial charge in [0.15, 0.2) is 0 Å². The quantitative estimate of drug-likeness (QED) is 0.725. The maximum atomic E-state index is 12.9. The van der Waals surface area contributed by atoms with Crippen molar-refractivity contribution in [3.05, 3.63) is 0 Å². The second-order valence-electron chi connectivity index (χ2n) is 6.46. The summed E-state index contributed by atoms with van der Waals surface area (Å²) in [6, 6.07) is 0.404. The fourth-order valence-electron chi connectivity index (χ4n) is 3.87. The molecule has 3 aliphatic rings. The van der Waals surface area contributed by atoms with Crippen molar-refractivity contribution in [1.29, 1.82) is 0 Å². The van der Waals surface area contributed by atoms with Crippen LogP contribution in [0.4, 0.5) is 0 Å². The fourth-order valence-corrected chi connectivity index (χ4v) is 5.84. The zero-order valence-corrected chi connectivity index (χ0v) is 13.5. The molecule has 3 aliphatic heterocycles. The number of nitrogens with zero attached hydrogens (tertiary/aromatic N) is 3. The number of sulfonamides is 1. The smallest absolute Gasteiger partial charge is 0.219 e. The summed E-state index contributed by atoms with van der Waals surface area (Å²) in [6.45, 7) is 5.79. The molecule has 7 heteroatoms. The van der Waals surface area contributed by atoms with E-state index >= 15 is 0 Å². The van der Waals surface area contributed by atoms with Gasteiger partial charge in [-0.25, -0.2) is 8.42 Å². The van der Waals surface area contributed by atoms with Gasteiger partial charge in [0, 0.05) is 45.7 Å². The molecule has 2 unspecified atom stereocenters. The topological polar surface area (TPSA) is 60.9 Å². The molecule has 0 saturated carbocycles. The van der Waals surface area contributed by atoms with E-state index in [4.69, 9.17) is 0 Å². The summed E-state index contributed by atoms with van der Waals surface area (Å²) < 4.78 is 27.4. The molecule has 0 bridgehead atoms. The van der Waals surface area contributed by atoms with Crippen molar-refractivity contribution in [2.45, 2.75) is 43.9 Å². The summed E-state index contributed by atoms with van der Waals surface area (Å²) in [5.41, 5.74) is 0. The molecule has 120 valence electrons. The largest absolute Gasteiger partial charge is 0.342 e. The van der Waals surface area contributed by atoms with Crippen LogP contribution < -0.4 is 0 Å². The highest BCUT2D eigenvalue weighted by atomic mass is 32.2. The summed E-state index contributed by atoms with van der Waals surface area (Å²) in [4.78, 5) is 15.6. The molecule has 2 atom stereocenters. The minimum atomic E-state index is -3.28. The molecule has 0 radical (unpaired) electrons. The number of carbonyl (C=O) groups is 1. The lowest BCUT2D eigenvalue weighted by Crippen LogP contribution is -2.56. The van der Waals surface area contributed by atoms with Crippen LogP contribution in [0.1, 0.15) is 32.6 Å². The zero-order chi connectivity index (χ0) is 15.0. The van der Waals surface area contributed by atoms with Crippen LogP contribution in [-0.2, 0) is 14.8 Å². The summed E-state index contributed by atoms with van der Waals surface area (Å²) in [5.74, 6) is -0.0180. The molecule has 3 saturated heterocycles. The van der Waals surface area contributed by atoms with Gasteiger partial charge in [-0.3, -0.25) is 9.69 Å². The van der Waals surface area contributed by atoms with E-state index in [9.17, 15) is 13.2 Å². The summed E-state index contributed by atoms with van der Waals surface area (Å²) in [7, 11) is -3.28. The highest BCUT2D eigenvalue weighted by molar-refractivity contribution is 7.89. The molecular formula is C14H25N3O3S. The molecule has 3 heterocycles. The number of rotatable bonds is 2. The zero-order valence-electron chi connectivity index (χ0n) is 12.7. The summed E-state index contributed by atoms with van der Waals surface area (Å²) >= 11 is 0. The van der Waals surface area contributed by atoms with Gasteiger partial charge in [-0.2, -0.15) is 4.31 Å². The first-order valence-corrected chi connectivity index (χ1v) is 9.47. The van der Waals surface area contributed by atoms with Gasteiger partial charge in [0.25, 0.3) is 0 Å². The lowest BCUT2D eigenvalue weighted by Gasteiger charge is -2.40. The number of fused-ring (bicyclic) bond motifs is 1. The molecule has 3 fully saturated rings. The van der Waals surface area contributed by atoms with Crippen molar-refractivity contribution in [3.8, 4) is 0 Å². The monoisotopic (exact) mass is 315 g/mol. The van der Waals surface area contributed by atoms with E-state index < -0.39 is 15.3 Å². The SMILES string of the molecule is CC(=O)N1CCCC(S(=O)(=O)N2CCN3CCCC3C2)C1. The highest BCUT2D eigenvalue weighted by Crippen LogP contribution is 2.27. The Morgan fingerprint density at radius 2 is 1.76 bits per heavy atom. The number of piperazine rings is 1. The van der Waals surface area contributed by atoms with Gasteiger partial charge < -0.3 is 4.90 Å². The molecule has 1 amide bonds. The molecule has 0 N–H and O–H groups in total. The Bertz CT molecular complexity index is 508. The van der Waals surface area contributed by atoms with Gasteiger partial charge in [-0.15, -0.1) is 0 Å². The summed E-state index contributed by atoms with van der Waals surface area (Å²) in [5, 5.41) is -0.414. The third-order valence-corrected chi connectivity index (χ3v) is 7.43. The van der Waals surface area contributed by atoms with Gasteiger partial charge in [0.2, 0.25) is 15.9 Å². The van der Waals surface area contributed by atoms with Crippen molar-refractivity contribution < 1.29 is 13.2 Å². The highest BCUT2D eigenvalue weighted by Gasteiger charge is 2.40. The first-order chi connectivity index (χ1) is 9.98. The Morgan fingerprint density at radius 1 is 1.00 bits per heavy atom. The van der Waals surface area contributed by atoms with E-state index in [-0.39, 0.29) is 5.91 Å². The van der Waals surface area contributed by atoms with E-state index in [0.717, 1.165) is 25.9 Å². The third-order valence-electron chi connectivity index (χ3n) is 5.15. The van der Waals surface area contributed by atoms with E-state index in [1.54, 1.807) is 9.21 Å². The van der Waals surface area contributed by atoms with Gasteiger partial charge in [0.1, 0.15) is 0 Å². The van der Waals surface area contributed by atoms with Gasteiger partial charge in [-0.05, 0) is 32.2 Å². The van der Waals surface area contributed by atoms with Crippen LogP contribution in [0.15, 0.2) is 0 Å². The number of hydrogen-bond acceptors (Lipinski definition) is 4. The lowest BCUT2D eigenvalue weighted by molar-refractivity contribution is -0.129. The normalized spacial score (nSPS) is 32.1. The Hall–Kier alpha value is -0.660. The molecule has 0 aromatic heterocycles. The minimum absolute atomic E-state index is 0.0180. The van der Waals surface area contributed by atoms with Crippen LogP contribution in [0.25, 0.3) is 0 Å². The maximum absolute atomic E-state index is 12.9. The Kier molecular flexibility index (Phi) is 4.25. The number of likely N-dealkylation sites (tertiary alicyclic amines) is 1. The summed E-state index contributed by atoms with van der Waals surface area (Å²) in [6.07, 6.45) is 3.75. The van der Waals surface area contributed by atoms with Crippen LogP contribution in [0.3, 0.4) is 0 Å². The van der Waals surface area contributed by atoms with Crippen molar-refractivity contribution in [2.24, 2.45) is 0 Å². The maximum Gasteiger partial charge on any atom is 0.219 e. The van der Waals surface area contributed by atoms with Crippen LogP contribution in [0, 0.1) is 0 Å². The number of hydrogen-bond donors (Lipinski definition) is 0. The van der Waals surface area contributed by atoms with E-state index in [2.05, 4.69) is 4.90 Å². The first-order valence-electron chi connectivity index (χ1n) is 7.97.